The fraction of sp³-hybridized carbons (Fsp3) is 0.519. The van der Waals surface area contributed by atoms with Crippen LogP contribution in [0.4, 0.5) is 32.1 Å². The Bertz CT molecular complexity index is 1480. The van der Waals surface area contributed by atoms with Crippen molar-refractivity contribution in [3.8, 4) is 0 Å². The van der Waals surface area contributed by atoms with Gasteiger partial charge in [0.25, 0.3) is 0 Å². The monoisotopic (exact) mass is 560 g/mol. The van der Waals surface area contributed by atoms with Gasteiger partial charge in [-0.25, -0.2) is 27.2 Å². The number of hydrogen-bond donors (Lipinski definition) is 2. The number of hydrogen-bond acceptors (Lipinski definition) is 9. The van der Waals surface area contributed by atoms with Gasteiger partial charge in [0.1, 0.15) is 33.7 Å². The Balaban J connectivity index is 1.40. The van der Waals surface area contributed by atoms with E-state index in [1.165, 1.54) is 24.3 Å². The Kier molecular flexibility index (Phi) is 7.13. The van der Waals surface area contributed by atoms with Crippen LogP contribution in [0, 0.1) is 5.92 Å². The summed E-state index contributed by atoms with van der Waals surface area (Å²) in [5, 5.41) is 15.0. The van der Waals surface area contributed by atoms with Crippen molar-refractivity contribution in [2.45, 2.75) is 44.6 Å². The molecule has 9 nitrogen and oxygen atoms in total. The number of aromatic nitrogens is 3. The Labute approximate surface area is 227 Å². The molecule has 2 saturated heterocycles. The van der Waals surface area contributed by atoms with Crippen LogP contribution in [-0.4, -0.2) is 84.6 Å². The second-order valence-corrected chi connectivity index (χ2v) is 13.5. The smallest absolute Gasteiger partial charge is 0.227 e. The summed E-state index contributed by atoms with van der Waals surface area (Å²) in [6.45, 7) is 6.34. The first-order valence-electron chi connectivity index (χ1n) is 13.0. The molecule has 0 spiro atoms. The number of nitrogens with zero attached hydrogens (tertiary/aromatic N) is 5. The number of nitrogens with one attached hydrogen (secondary N) is 1. The lowest BCUT2D eigenvalue weighted by Gasteiger charge is -2.41. The number of alkyl halides is 2. The molecule has 2 aromatic heterocycles. The van der Waals surface area contributed by atoms with E-state index in [1.54, 1.807) is 12.3 Å². The molecule has 0 amide bonds. The summed E-state index contributed by atoms with van der Waals surface area (Å²) >= 11 is 0. The summed E-state index contributed by atoms with van der Waals surface area (Å²) in [5.74, 6) is 1.69. The van der Waals surface area contributed by atoms with Crippen molar-refractivity contribution in [1.82, 2.24) is 15.0 Å². The third-order valence-electron chi connectivity index (χ3n) is 7.41. The van der Waals surface area contributed by atoms with E-state index >= 15 is 0 Å². The minimum absolute atomic E-state index is 0.117. The van der Waals surface area contributed by atoms with Crippen molar-refractivity contribution in [2.75, 3.05) is 53.3 Å². The third kappa shape index (κ3) is 5.76. The van der Waals surface area contributed by atoms with E-state index in [0.717, 1.165) is 22.0 Å². The number of fused-ring (bicyclic) bond motifs is 1. The minimum atomic E-state index is -3.02. The van der Waals surface area contributed by atoms with E-state index in [9.17, 15) is 22.3 Å². The van der Waals surface area contributed by atoms with E-state index in [-0.39, 0.29) is 36.6 Å². The largest absolute Gasteiger partial charge is 0.387 e. The maximum Gasteiger partial charge on any atom is 0.227 e. The van der Waals surface area contributed by atoms with Crippen molar-refractivity contribution >= 4 is 43.9 Å². The van der Waals surface area contributed by atoms with E-state index in [4.69, 9.17) is 0 Å². The predicted octanol–water partition coefficient (Wildman–Crippen LogP) is 3.62. The van der Waals surface area contributed by atoms with Crippen LogP contribution in [0.2, 0.25) is 0 Å². The molecule has 1 aromatic carbocycles. The zero-order valence-corrected chi connectivity index (χ0v) is 23.3. The van der Waals surface area contributed by atoms with Gasteiger partial charge < -0.3 is 20.2 Å². The van der Waals surface area contributed by atoms with Crippen LogP contribution in [-0.2, 0) is 9.84 Å². The number of halogens is 2. The van der Waals surface area contributed by atoms with Crippen LogP contribution in [0.25, 0.3) is 10.8 Å². The molecule has 0 radical (unpaired) electrons. The molecular weight excluding hydrogens is 526 g/mol. The number of piperidine rings is 1. The number of aliphatic hydroxyl groups is 1. The SMILES string of the molecule is CC(C)c1ccc(N2CC(CS(C)(=O)=O)C2)c2cnc(Nc3ccnc(N4C[C@@H](F)[C@@H](O)[C@](C)(F)C4)n3)cc12. The lowest BCUT2D eigenvalue weighted by atomic mass is 9.92. The number of anilines is 4. The van der Waals surface area contributed by atoms with Crippen LogP contribution in [0.15, 0.2) is 36.7 Å². The molecule has 2 fully saturated rings. The van der Waals surface area contributed by atoms with E-state index in [1.807, 2.05) is 6.07 Å². The minimum Gasteiger partial charge on any atom is -0.387 e. The lowest BCUT2D eigenvalue weighted by Crippen LogP contribution is -2.59. The van der Waals surface area contributed by atoms with E-state index in [0.29, 0.717) is 24.7 Å². The van der Waals surface area contributed by atoms with Crippen LogP contribution in [0.5, 0.6) is 0 Å². The summed E-state index contributed by atoms with van der Waals surface area (Å²) in [5.41, 5.74) is 0.0417. The highest BCUT2D eigenvalue weighted by molar-refractivity contribution is 7.90. The molecule has 2 N–H and O–H groups in total. The number of benzene rings is 1. The molecule has 39 heavy (non-hydrogen) atoms. The number of aliphatic hydroxyl groups excluding tert-OH is 1. The first kappa shape index (κ1) is 27.4. The van der Waals surface area contributed by atoms with Crippen LogP contribution >= 0.6 is 0 Å². The van der Waals surface area contributed by atoms with Crippen LogP contribution < -0.4 is 15.1 Å². The molecule has 0 aliphatic carbocycles. The maximum atomic E-state index is 14.7. The van der Waals surface area contributed by atoms with Gasteiger partial charge >= 0.3 is 0 Å². The molecule has 0 saturated carbocycles. The van der Waals surface area contributed by atoms with Crippen molar-refractivity contribution < 1.29 is 22.3 Å². The van der Waals surface area contributed by atoms with Gasteiger partial charge in [-0.05, 0) is 42.0 Å². The number of sulfone groups is 1. The fourth-order valence-electron chi connectivity index (χ4n) is 5.47. The van der Waals surface area contributed by atoms with Gasteiger partial charge in [0.15, 0.2) is 5.67 Å². The molecular formula is C27H34F2N6O3S. The molecule has 12 heteroatoms. The quantitative estimate of drug-likeness (QED) is 0.448. The third-order valence-corrected chi connectivity index (χ3v) is 8.48. The molecule has 0 bridgehead atoms. The Morgan fingerprint density at radius 3 is 2.54 bits per heavy atom. The topological polar surface area (TPSA) is 112 Å². The molecule has 4 heterocycles. The first-order valence-corrected chi connectivity index (χ1v) is 15.1. The average molecular weight is 561 g/mol. The summed E-state index contributed by atoms with van der Waals surface area (Å²) < 4.78 is 52.3. The molecule has 2 aliphatic rings. The average Bonchev–Trinajstić information content (AvgIpc) is 2.83. The van der Waals surface area contributed by atoms with Gasteiger partial charge in [-0.3, -0.25) is 0 Å². The summed E-state index contributed by atoms with van der Waals surface area (Å²) in [4.78, 5) is 16.8. The fourth-order valence-corrected chi connectivity index (χ4v) is 6.53. The summed E-state index contributed by atoms with van der Waals surface area (Å²) in [7, 11) is -3.02. The zero-order chi connectivity index (χ0) is 28.1. The highest BCUT2D eigenvalue weighted by Gasteiger charge is 2.46. The van der Waals surface area contributed by atoms with E-state index in [2.05, 4.69) is 51.1 Å². The van der Waals surface area contributed by atoms with Gasteiger partial charge in [0, 0.05) is 48.7 Å². The van der Waals surface area contributed by atoms with Gasteiger partial charge in [-0.15, -0.1) is 0 Å². The summed E-state index contributed by atoms with van der Waals surface area (Å²) in [6, 6.07) is 7.78. The molecule has 0 unspecified atom stereocenters. The van der Waals surface area contributed by atoms with Crippen LogP contribution in [0.1, 0.15) is 32.3 Å². The standard InChI is InChI=1S/C27H34F2N6O3S/c1-16(2)18-5-6-22(34-11-17(12-34)14-39(4,37)38)20-10-31-24(9-19(18)20)32-23-7-8-30-26(33-23)35-13-21(28)25(36)27(3,29)15-35/h5-10,16-17,21,25,36H,11-15H2,1-4H3,(H,30,31,32,33)/t21-,25-,27-/m1/s1. The summed E-state index contributed by atoms with van der Waals surface area (Å²) in [6.07, 6.45) is 1.13. The van der Waals surface area contributed by atoms with Gasteiger partial charge in [-0.1, -0.05) is 19.9 Å². The Morgan fingerprint density at radius 2 is 1.87 bits per heavy atom. The normalized spacial score (nSPS) is 24.3. The molecule has 210 valence electrons. The van der Waals surface area contributed by atoms with Crippen molar-refractivity contribution in [3.63, 3.8) is 0 Å². The molecule has 3 aromatic rings. The lowest BCUT2D eigenvalue weighted by molar-refractivity contribution is -0.0545. The highest BCUT2D eigenvalue weighted by atomic mass is 32.2. The number of pyridine rings is 1. The van der Waals surface area contributed by atoms with Gasteiger partial charge in [0.05, 0.1) is 18.8 Å². The van der Waals surface area contributed by atoms with Crippen molar-refractivity contribution in [2.24, 2.45) is 5.92 Å². The highest BCUT2D eigenvalue weighted by Crippen LogP contribution is 2.37. The molecule has 5 rings (SSSR count). The number of rotatable bonds is 7. The Hall–Kier alpha value is -3.12. The van der Waals surface area contributed by atoms with E-state index < -0.39 is 27.8 Å². The maximum absolute atomic E-state index is 14.7. The first-order chi connectivity index (χ1) is 18.3. The second kappa shape index (κ2) is 10.1. The van der Waals surface area contributed by atoms with Crippen molar-refractivity contribution in [3.05, 3.63) is 42.2 Å². The van der Waals surface area contributed by atoms with Crippen LogP contribution in [0.3, 0.4) is 0 Å². The van der Waals surface area contributed by atoms with Gasteiger partial charge in [-0.2, -0.15) is 4.98 Å². The van der Waals surface area contributed by atoms with Gasteiger partial charge in [0.2, 0.25) is 5.95 Å². The predicted molar refractivity (Wildman–Crippen MR) is 149 cm³/mol. The second-order valence-electron chi connectivity index (χ2n) is 11.3. The zero-order valence-electron chi connectivity index (χ0n) is 22.5. The molecule has 3 atom stereocenters. The Morgan fingerprint density at radius 1 is 1.13 bits per heavy atom. The molecule has 2 aliphatic heterocycles. The van der Waals surface area contributed by atoms with Crippen molar-refractivity contribution in [1.29, 1.82) is 0 Å².